The Morgan fingerprint density at radius 2 is 2.09 bits per heavy atom. The molecule has 0 amide bonds. The van der Waals surface area contributed by atoms with E-state index in [0.29, 0.717) is 23.5 Å². The number of aliphatic hydroxyl groups is 1. The molecule has 6 atom stereocenters. The van der Waals surface area contributed by atoms with Gasteiger partial charge in [-0.15, -0.1) is 0 Å². The predicted octanol–water partition coefficient (Wildman–Crippen LogP) is 4.41. The van der Waals surface area contributed by atoms with Crippen molar-refractivity contribution >= 4 is 0 Å². The SMILES string of the molecule is C=C(C)C1[C@@H](O)C[C@@]2(C)CC[C@@H]3c4ccc(O)cc4CC[C@H]3[C@H]12. The van der Waals surface area contributed by atoms with Crippen molar-refractivity contribution < 1.29 is 10.2 Å². The largest absolute Gasteiger partial charge is 0.508 e. The first-order valence-corrected chi connectivity index (χ1v) is 9.06. The zero-order valence-electron chi connectivity index (χ0n) is 14.3. The topological polar surface area (TPSA) is 40.5 Å². The first-order chi connectivity index (χ1) is 10.9. The number of phenolic OH excluding ortho intramolecular Hbond substituents is 1. The lowest BCUT2D eigenvalue weighted by Crippen LogP contribution is -2.42. The fourth-order valence-electron chi connectivity index (χ4n) is 6.31. The highest BCUT2D eigenvalue weighted by Crippen LogP contribution is 2.63. The van der Waals surface area contributed by atoms with E-state index in [1.54, 1.807) is 0 Å². The maximum atomic E-state index is 10.7. The average molecular weight is 312 g/mol. The van der Waals surface area contributed by atoms with Crippen LogP contribution in [0.2, 0.25) is 0 Å². The van der Waals surface area contributed by atoms with E-state index in [2.05, 4.69) is 26.5 Å². The minimum absolute atomic E-state index is 0.220. The molecule has 0 heterocycles. The Bertz CT molecular complexity index is 649. The third-order valence-corrected chi connectivity index (χ3v) is 7.13. The molecule has 2 fully saturated rings. The van der Waals surface area contributed by atoms with Crippen molar-refractivity contribution in [3.63, 3.8) is 0 Å². The molecular weight excluding hydrogens is 284 g/mol. The monoisotopic (exact) mass is 312 g/mol. The molecule has 2 saturated carbocycles. The number of benzene rings is 1. The van der Waals surface area contributed by atoms with E-state index in [4.69, 9.17) is 0 Å². The highest BCUT2D eigenvalue weighted by molar-refractivity contribution is 5.40. The molecule has 3 aliphatic rings. The van der Waals surface area contributed by atoms with Gasteiger partial charge in [-0.25, -0.2) is 0 Å². The summed E-state index contributed by atoms with van der Waals surface area (Å²) in [6.45, 7) is 8.70. The van der Waals surface area contributed by atoms with E-state index >= 15 is 0 Å². The molecule has 3 aliphatic carbocycles. The molecule has 0 bridgehead atoms. The van der Waals surface area contributed by atoms with Crippen LogP contribution in [-0.4, -0.2) is 16.3 Å². The van der Waals surface area contributed by atoms with Crippen LogP contribution in [0.3, 0.4) is 0 Å². The van der Waals surface area contributed by atoms with Gasteiger partial charge in [0, 0.05) is 5.92 Å². The van der Waals surface area contributed by atoms with Gasteiger partial charge in [-0.2, -0.15) is 0 Å². The van der Waals surface area contributed by atoms with E-state index in [0.717, 1.165) is 18.4 Å². The Labute approximate surface area is 139 Å². The van der Waals surface area contributed by atoms with Crippen molar-refractivity contribution in [2.75, 3.05) is 0 Å². The molecular formula is C21H28O2. The van der Waals surface area contributed by atoms with Gasteiger partial charge in [0.15, 0.2) is 0 Å². The number of rotatable bonds is 1. The molecule has 2 heteroatoms. The van der Waals surface area contributed by atoms with E-state index in [-0.39, 0.29) is 17.4 Å². The van der Waals surface area contributed by atoms with Crippen molar-refractivity contribution in [2.24, 2.45) is 23.2 Å². The fraction of sp³-hybridized carbons (Fsp3) is 0.619. The summed E-state index contributed by atoms with van der Waals surface area (Å²) in [4.78, 5) is 0. The molecule has 0 aliphatic heterocycles. The van der Waals surface area contributed by atoms with Crippen LogP contribution in [0.1, 0.15) is 56.6 Å². The summed E-state index contributed by atoms with van der Waals surface area (Å²) in [7, 11) is 0. The second kappa shape index (κ2) is 5.11. The van der Waals surface area contributed by atoms with E-state index < -0.39 is 0 Å². The molecule has 0 radical (unpaired) electrons. The van der Waals surface area contributed by atoms with Crippen LogP contribution >= 0.6 is 0 Å². The Kier molecular flexibility index (Phi) is 3.39. The first kappa shape index (κ1) is 15.3. The summed E-state index contributed by atoms with van der Waals surface area (Å²) in [6.07, 6.45) is 5.35. The number of hydrogen-bond acceptors (Lipinski definition) is 2. The Morgan fingerprint density at radius 1 is 1.30 bits per heavy atom. The number of hydrogen-bond donors (Lipinski definition) is 2. The standard InChI is InChI=1S/C21H28O2/c1-12(2)19-18(23)11-21(3)9-8-16-15-7-5-14(22)10-13(15)4-6-17(16)20(19)21/h5,7,10,16-20,22-23H,1,4,6,8-9,11H2,2-3H3/t16-,17-,18+,19?,20-,21-/m1/s1. The molecule has 0 saturated heterocycles. The third kappa shape index (κ3) is 2.18. The summed E-state index contributed by atoms with van der Waals surface area (Å²) in [6, 6.07) is 5.94. The van der Waals surface area contributed by atoms with Crippen LogP contribution in [-0.2, 0) is 6.42 Å². The number of fused-ring (bicyclic) bond motifs is 5. The lowest BCUT2D eigenvalue weighted by Gasteiger charge is -2.50. The van der Waals surface area contributed by atoms with Gasteiger partial charge in [-0.3, -0.25) is 0 Å². The van der Waals surface area contributed by atoms with Crippen molar-refractivity contribution in [3.05, 3.63) is 41.5 Å². The minimum atomic E-state index is -0.220. The first-order valence-electron chi connectivity index (χ1n) is 9.06. The van der Waals surface area contributed by atoms with Crippen LogP contribution in [0.5, 0.6) is 5.75 Å². The minimum Gasteiger partial charge on any atom is -0.508 e. The second-order valence-electron chi connectivity index (χ2n) is 8.55. The van der Waals surface area contributed by atoms with Crippen LogP contribution in [0.15, 0.2) is 30.4 Å². The summed E-state index contributed by atoms with van der Waals surface area (Å²) in [5, 5.41) is 20.5. The van der Waals surface area contributed by atoms with Crippen LogP contribution in [0, 0.1) is 23.2 Å². The Hall–Kier alpha value is -1.28. The van der Waals surface area contributed by atoms with Gasteiger partial charge in [0.1, 0.15) is 5.75 Å². The van der Waals surface area contributed by atoms with Gasteiger partial charge in [0.25, 0.3) is 0 Å². The molecule has 0 aromatic heterocycles. The number of phenols is 1. The number of aromatic hydroxyl groups is 1. The van der Waals surface area contributed by atoms with Crippen LogP contribution in [0.4, 0.5) is 0 Å². The van der Waals surface area contributed by atoms with Crippen molar-refractivity contribution in [2.45, 2.75) is 58.0 Å². The van der Waals surface area contributed by atoms with Gasteiger partial charge in [0.2, 0.25) is 0 Å². The van der Waals surface area contributed by atoms with Gasteiger partial charge in [0.05, 0.1) is 6.10 Å². The number of aryl methyl sites for hydroxylation is 1. The normalized spacial score (nSPS) is 41.8. The second-order valence-corrected chi connectivity index (χ2v) is 8.55. The maximum absolute atomic E-state index is 10.7. The van der Waals surface area contributed by atoms with Gasteiger partial charge in [-0.05, 0) is 85.5 Å². The molecule has 2 N–H and O–H groups in total. The smallest absolute Gasteiger partial charge is 0.115 e. The van der Waals surface area contributed by atoms with Crippen molar-refractivity contribution in [3.8, 4) is 5.75 Å². The van der Waals surface area contributed by atoms with E-state index in [9.17, 15) is 10.2 Å². The maximum Gasteiger partial charge on any atom is 0.115 e. The molecule has 0 spiro atoms. The Balaban J connectivity index is 1.75. The van der Waals surface area contributed by atoms with Crippen molar-refractivity contribution in [1.82, 2.24) is 0 Å². The lowest BCUT2D eigenvalue weighted by molar-refractivity contribution is 0.0403. The fourth-order valence-corrected chi connectivity index (χ4v) is 6.31. The summed E-state index contributed by atoms with van der Waals surface area (Å²) >= 11 is 0. The number of aliphatic hydroxyl groups excluding tert-OH is 1. The van der Waals surface area contributed by atoms with Crippen LogP contribution < -0.4 is 0 Å². The predicted molar refractivity (Wildman–Crippen MR) is 92.4 cm³/mol. The average Bonchev–Trinajstić information content (AvgIpc) is 2.77. The third-order valence-electron chi connectivity index (χ3n) is 7.13. The quantitative estimate of drug-likeness (QED) is 0.754. The molecule has 1 aromatic carbocycles. The lowest BCUT2D eigenvalue weighted by atomic mass is 9.54. The van der Waals surface area contributed by atoms with Crippen molar-refractivity contribution in [1.29, 1.82) is 0 Å². The Morgan fingerprint density at radius 3 is 2.83 bits per heavy atom. The molecule has 2 nitrogen and oxygen atoms in total. The summed E-state index contributed by atoms with van der Waals surface area (Å²) in [5.41, 5.74) is 4.20. The molecule has 4 rings (SSSR count). The van der Waals surface area contributed by atoms with Gasteiger partial charge < -0.3 is 10.2 Å². The molecule has 1 unspecified atom stereocenters. The highest BCUT2D eigenvalue weighted by Gasteiger charge is 2.57. The summed E-state index contributed by atoms with van der Waals surface area (Å²) < 4.78 is 0. The van der Waals surface area contributed by atoms with Gasteiger partial charge in [-0.1, -0.05) is 25.1 Å². The zero-order valence-corrected chi connectivity index (χ0v) is 14.3. The summed E-state index contributed by atoms with van der Waals surface area (Å²) in [5.74, 6) is 2.43. The highest BCUT2D eigenvalue weighted by atomic mass is 16.3. The molecule has 23 heavy (non-hydrogen) atoms. The van der Waals surface area contributed by atoms with Crippen LogP contribution in [0.25, 0.3) is 0 Å². The van der Waals surface area contributed by atoms with Gasteiger partial charge >= 0.3 is 0 Å². The molecule has 1 aromatic rings. The van der Waals surface area contributed by atoms with E-state index in [1.807, 2.05) is 12.1 Å². The zero-order chi connectivity index (χ0) is 16.4. The van der Waals surface area contributed by atoms with E-state index in [1.165, 1.54) is 30.4 Å². The molecule has 124 valence electrons.